The van der Waals surface area contributed by atoms with E-state index < -0.39 is 16.1 Å². The molecule has 1 aromatic heterocycles. The molecule has 224 valence electrons. The molecule has 0 spiro atoms. The molecule has 1 atom stereocenters. The molecule has 1 saturated heterocycles. The lowest BCUT2D eigenvalue weighted by atomic mass is 10.1. The molecule has 43 heavy (non-hydrogen) atoms. The van der Waals surface area contributed by atoms with Crippen LogP contribution in [-0.4, -0.2) is 42.4 Å². The summed E-state index contributed by atoms with van der Waals surface area (Å²) in [5, 5.41) is 7.53. The summed E-state index contributed by atoms with van der Waals surface area (Å²) in [5.74, 6) is 5.34. The summed E-state index contributed by atoms with van der Waals surface area (Å²) in [6.07, 6.45) is 2.45. The second kappa shape index (κ2) is 12.9. The maximum Gasteiger partial charge on any atom is 0.245 e. The standard InChI is InChI=1S/C31H31Cl2N5O4S/c1-19-15-20(2)37-30-23(19)5-3-7-27(30)42-18-24-25(32)12-13-28(29(24)33)43(40,41)38-14-4-6-26(38)31(39)35-16-21-8-10-22(11-9-21)17-36-34/h3,5,7-13,15,17,26H,4,6,14,16,18,34H2,1-2H3,(H,35,39)/t26-/m0/s1. The van der Waals surface area contributed by atoms with Crippen molar-refractivity contribution in [1.82, 2.24) is 14.6 Å². The zero-order chi connectivity index (χ0) is 30.7. The highest BCUT2D eigenvalue weighted by Crippen LogP contribution is 2.36. The number of ether oxygens (including phenoxy) is 1. The quantitative estimate of drug-likeness (QED) is 0.141. The number of hydrazone groups is 1. The summed E-state index contributed by atoms with van der Waals surface area (Å²) in [5.41, 5.74) is 4.62. The number of nitrogens with two attached hydrogens (primary N) is 1. The van der Waals surface area contributed by atoms with Crippen LogP contribution < -0.4 is 15.9 Å². The van der Waals surface area contributed by atoms with Gasteiger partial charge in [0.05, 0.1) is 11.2 Å². The van der Waals surface area contributed by atoms with E-state index in [0.29, 0.717) is 29.7 Å². The molecular weight excluding hydrogens is 609 g/mol. The van der Waals surface area contributed by atoms with E-state index in [2.05, 4.69) is 15.4 Å². The maximum absolute atomic E-state index is 13.9. The summed E-state index contributed by atoms with van der Waals surface area (Å²) in [6.45, 7) is 4.28. The van der Waals surface area contributed by atoms with Crippen LogP contribution >= 0.6 is 23.2 Å². The first-order valence-corrected chi connectivity index (χ1v) is 15.9. The largest absolute Gasteiger partial charge is 0.487 e. The number of hydrogen-bond donors (Lipinski definition) is 2. The molecule has 0 saturated carbocycles. The highest BCUT2D eigenvalue weighted by atomic mass is 35.5. The number of pyridine rings is 1. The first kappa shape index (κ1) is 30.7. The fraction of sp³-hybridized carbons (Fsp3) is 0.258. The Kier molecular flexibility index (Phi) is 9.22. The Labute approximate surface area is 260 Å². The number of sulfonamides is 1. The normalized spacial score (nSPS) is 15.8. The molecule has 9 nitrogen and oxygen atoms in total. The number of amides is 1. The van der Waals surface area contributed by atoms with Crippen molar-refractivity contribution in [3.63, 3.8) is 0 Å². The molecule has 3 N–H and O–H groups in total. The smallest absolute Gasteiger partial charge is 0.245 e. The Morgan fingerprint density at radius 1 is 1.16 bits per heavy atom. The third kappa shape index (κ3) is 6.47. The van der Waals surface area contributed by atoms with Gasteiger partial charge in [-0.2, -0.15) is 9.41 Å². The number of hydrogen-bond acceptors (Lipinski definition) is 7. The number of benzene rings is 3. The number of nitrogens with one attached hydrogen (secondary N) is 1. The van der Waals surface area contributed by atoms with Gasteiger partial charge in [0.1, 0.15) is 28.8 Å². The van der Waals surface area contributed by atoms with E-state index in [1.54, 1.807) is 6.07 Å². The minimum Gasteiger partial charge on any atom is -0.487 e. The zero-order valence-corrected chi connectivity index (χ0v) is 26.0. The zero-order valence-electron chi connectivity index (χ0n) is 23.7. The minimum absolute atomic E-state index is 0.0415. The molecule has 12 heteroatoms. The Morgan fingerprint density at radius 3 is 2.67 bits per heavy atom. The minimum atomic E-state index is -4.14. The average molecular weight is 641 g/mol. The fourth-order valence-electron chi connectivity index (χ4n) is 5.26. The topological polar surface area (TPSA) is 127 Å². The number of rotatable bonds is 9. The van der Waals surface area contributed by atoms with Crippen LogP contribution in [0.15, 0.2) is 70.7 Å². The van der Waals surface area contributed by atoms with Crippen LogP contribution in [0.5, 0.6) is 5.75 Å². The number of halogens is 2. The number of fused-ring (bicyclic) bond motifs is 1. The van der Waals surface area contributed by atoms with Crippen LogP contribution in [0, 0.1) is 13.8 Å². The van der Waals surface area contributed by atoms with Crippen LogP contribution in [0.1, 0.15) is 40.8 Å². The Morgan fingerprint density at radius 2 is 1.93 bits per heavy atom. The van der Waals surface area contributed by atoms with E-state index in [-0.39, 0.29) is 40.5 Å². The molecule has 1 aliphatic heterocycles. The summed E-state index contributed by atoms with van der Waals surface area (Å²) >= 11 is 13.2. The first-order valence-electron chi connectivity index (χ1n) is 13.7. The lowest BCUT2D eigenvalue weighted by Crippen LogP contribution is -2.45. The van der Waals surface area contributed by atoms with Gasteiger partial charge < -0.3 is 15.9 Å². The molecule has 0 bridgehead atoms. The molecule has 5 rings (SSSR count). The maximum atomic E-state index is 13.9. The molecule has 1 amide bonds. The number of aromatic nitrogens is 1. The summed E-state index contributed by atoms with van der Waals surface area (Å²) < 4.78 is 35.1. The predicted molar refractivity (Wildman–Crippen MR) is 169 cm³/mol. The van der Waals surface area contributed by atoms with Gasteiger partial charge in [0.2, 0.25) is 15.9 Å². The van der Waals surface area contributed by atoms with E-state index in [1.807, 2.05) is 56.3 Å². The second-order valence-corrected chi connectivity index (χ2v) is 13.0. The second-order valence-electron chi connectivity index (χ2n) is 10.4. The predicted octanol–water partition coefficient (Wildman–Crippen LogP) is 5.50. The molecule has 1 fully saturated rings. The van der Waals surface area contributed by atoms with Gasteiger partial charge in [0.15, 0.2) is 0 Å². The number of para-hydroxylation sites is 1. The van der Waals surface area contributed by atoms with E-state index >= 15 is 0 Å². The van der Waals surface area contributed by atoms with E-state index in [1.165, 1.54) is 22.7 Å². The Balaban J connectivity index is 1.35. The number of carbonyl (C=O) groups is 1. The van der Waals surface area contributed by atoms with Gasteiger partial charge in [-0.05, 0) is 67.6 Å². The van der Waals surface area contributed by atoms with Crippen molar-refractivity contribution in [3.05, 3.63) is 98.7 Å². The summed E-state index contributed by atoms with van der Waals surface area (Å²) in [6, 6.07) is 17.0. The van der Waals surface area contributed by atoms with Crippen molar-refractivity contribution in [3.8, 4) is 5.75 Å². The number of carbonyl (C=O) groups excluding carboxylic acids is 1. The van der Waals surface area contributed by atoms with Crippen molar-refractivity contribution in [1.29, 1.82) is 0 Å². The molecule has 0 aliphatic carbocycles. The summed E-state index contributed by atoms with van der Waals surface area (Å²) in [7, 11) is -4.14. The van der Waals surface area contributed by atoms with Crippen molar-refractivity contribution < 1.29 is 17.9 Å². The lowest BCUT2D eigenvalue weighted by Gasteiger charge is -2.24. The van der Waals surface area contributed by atoms with Crippen LogP contribution in [0.4, 0.5) is 0 Å². The molecule has 2 heterocycles. The van der Waals surface area contributed by atoms with Gasteiger partial charge in [0, 0.05) is 34.8 Å². The molecule has 1 aliphatic rings. The first-order chi connectivity index (χ1) is 20.6. The van der Waals surface area contributed by atoms with E-state index in [4.69, 9.17) is 33.8 Å². The third-order valence-electron chi connectivity index (χ3n) is 7.42. The Bertz CT molecular complexity index is 1810. The van der Waals surface area contributed by atoms with Crippen LogP contribution in [0.3, 0.4) is 0 Å². The van der Waals surface area contributed by atoms with Gasteiger partial charge in [0.25, 0.3) is 0 Å². The van der Waals surface area contributed by atoms with Gasteiger partial charge >= 0.3 is 0 Å². The number of aryl methyl sites for hydroxylation is 2. The highest BCUT2D eigenvalue weighted by molar-refractivity contribution is 7.89. The van der Waals surface area contributed by atoms with Gasteiger partial charge in [-0.15, -0.1) is 0 Å². The summed E-state index contributed by atoms with van der Waals surface area (Å²) in [4.78, 5) is 17.7. The molecule has 0 unspecified atom stereocenters. The third-order valence-corrected chi connectivity index (χ3v) is 10.3. The van der Waals surface area contributed by atoms with Crippen molar-refractivity contribution >= 4 is 56.2 Å². The van der Waals surface area contributed by atoms with Crippen molar-refractivity contribution in [2.45, 2.75) is 50.8 Å². The lowest BCUT2D eigenvalue weighted by molar-refractivity contribution is -0.124. The Hall–Kier alpha value is -3.70. The fourth-order valence-corrected chi connectivity index (χ4v) is 7.78. The van der Waals surface area contributed by atoms with Crippen molar-refractivity contribution in [2.75, 3.05) is 6.54 Å². The monoisotopic (exact) mass is 639 g/mol. The van der Waals surface area contributed by atoms with Gasteiger partial charge in [-0.1, -0.05) is 59.6 Å². The molecule has 3 aromatic carbocycles. The molecule has 0 radical (unpaired) electrons. The van der Waals surface area contributed by atoms with Crippen molar-refractivity contribution in [2.24, 2.45) is 10.9 Å². The van der Waals surface area contributed by atoms with Crippen LogP contribution in [0.2, 0.25) is 10.0 Å². The van der Waals surface area contributed by atoms with Gasteiger partial charge in [-0.25, -0.2) is 13.4 Å². The highest BCUT2D eigenvalue weighted by Gasteiger charge is 2.40. The van der Waals surface area contributed by atoms with E-state index in [9.17, 15) is 13.2 Å². The van der Waals surface area contributed by atoms with Crippen LogP contribution in [-0.2, 0) is 28.0 Å². The van der Waals surface area contributed by atoms with Gasteiger partial charge in [-0.3, -0.25) is 4.79 Å². The SMILES string of the molecule is Cc1cc(C)c2cccc(OCc3c(Cl)ccc(S(=O)(=O)N4CCC[C@H]4C(=O)NCc4ccc(C=NN)cc4)c3Cl)c2n1. The molecule has 4 aromatic rings. The average Bonchev–Trinajstić information content (AvgIpc) is 3.48. The molecular formula is C31H31Cl2N5O4S. The van der Waals surface area contributed by atoms with Crippen LogP contribution in [0.25, 0.3) is 10.9 Å². The number of nitrogens with zero attached hydrogens (tertiary/aromatic N) is 3. The van der Waals surface area contributed by atoms with E-state index in [0.717, 1.165) is 27.8 Å².